The molecule has 0 radical (unpaired) electrons. The quantitative estimate of drug-likeness (QED) is 0.508. The van der Waals surface area contributed by atoms with Crippen LogP contribution in [0, 0.1) is 17.3 Å². The Bertz CT molecular complexity index is 426. The molecule has 0 aromatic rings. The second kappa shape index (κ2) is 12.5. The zero-order valence-electron chi connectivity index (χ0n) is 17.8. The second-order valence-electron chi connectivity index (χ2n) is 9.38. The summed E-state index contributed by atoms with van der Waals surface area (Å²) < 4.78 is 10.8. The van der Waals surface area contributed by atoms with Crippen molar-refractivity contribution in [1.82, 2.24) is 0 Å². The molecule has 0 spiro atoms. The molecule has 0 aromatic heterocycles. The summed E-state index contributed by atoms with van der Waals surface area (Å²) in [4.78, 5) is 24.1. The van der Waals surface area contributed by atoms with Crippen LogP contribution in [0.2, 0.25) is 0 Å². The van der Waals surface area contributed by atoms with E-state index in [2.05, 4.69) is 0 Å². The molecule has 2 aliphatic carbocycles. The molecule has 0 amide bonds. The van der Waals surface area contributed by atoms with E-state index in [0.717, 1.165) is 12.8 Å². The van der Waals surface area contributed by atoms with Gasteiger partial charge >= 0.3 is 11.9 Å². The van der Waals surface area contributed by atoms with Crippen LogP contribution < -0.4 is 0 Å². The van der Waals surface area contributed by atoms with Gasteiger partial charge in [0.2, 0.25) is 0 Å². The van der Waals surface area contributed by atoms with E-state index in [-0.39, 0.29) is 31.8 Å². The number of hydrogen-bond donors (Lipinski definition) is 1. The number of hydrogen-bond acceptors (Lipinski definition) is 5. The summed E-state index contributed by atoms with van der Waals surface area (Å²) in [5.74, 6) is 0.869. The van der Waals surface area contributed by atoms with Crippen LogP contribution in [0.4, 0.5) is 0 Å². The predicted octanol–water partition coefficient (Wildman–Crippen LogP) is 4.79. The summed E-state index contributed by atoms with van der Waals surface area (Å²) in [6.07, 6.45) is 15.3. The third kappa shape index (κ3) is 8.93. The third-order valence-electron chi connectivity index (χ3n) is 6.51. The van der Waals surface area contributed by atoms with Gasteiger partial charge in [0.1, 0.15) is 13.2 Å². The zero-order valence-corrected chi connectivity index (χ0v) is 17.8. The van der Waals surface area contributed by atoms with Gasteiger partial charge in [0.25, 0.3) is 0 Å². The van der Waals surface area contributed by atoms with Crippen molar-refractivity contribution in [2.45, 2.75) is 96.8 Å². The maximum absolute atomic E-state index is 12.1. The fraction of sp³-hybridized carbons (Fsp3) is 0.913. The van der Waals surface area contributed by atoms with Crippen LogP contribution in [0.5, 0.6) is 0 Å². The summed E-state index contributed by atoms with van der Waals surface area (Å²) in [5, 5.41) is 9.70. The first-order valence-corrected chi connectivity index (χ1v) is 11.4. The van der Waals surface area contributed by atoms with Crippen molar-refractivity contribution in [2.75, 3.05) is 19.8 Å². The Morgan fingerprint density at radius 2 is 1.18 bits per heavy atom. The van der Waals surface area contributed by atoms with Crippen molar-refractivity contribution in [2.24, 2.45) is 17.3 Å². The fourth-order valence-corrected chi connectivity index (χ4v) is 4.38. The summed E-state index contributed by atoms with van der Waals surface area (Å²) in [5.41, 5.74) is -0.735. The van der Waals surface area contributed by atoms with Gasteiger partial charge in [0, 0.05) is 12.8 Å². The molecule has 2 aliphatic rings. The van der Waals surface area contributed by atoms with Crippen molar-refractivity contribution in [1.29, 1.82) is 0 Å². The highest BCUT2D eigenvalue weighted by Gasteiger charge is 2.28. The van der Waals surface area contributed by atoms with Gasteiger partial charge < -0.3 is 14.6 Å². The van der Waals surface area contributed by atoms with E-state index >= 15 is 0 Å². The number of aliphatic hydroxyl groups excluding tert-OH is 1. The first kappa shape index (κ1) is 23.2. The zero-order chi connectivity index (χ0) is 20.2. The lowest BCUT2D eigenvalue weighted by molar-refractivity contribution is -0.155. The molecule has 0 aromatic carbocycles. The predicted molar refractivity (Wildman–Crippen MR) is 109 cm³/mol. The Balaban J connectivity index is 1.60. The van der Waals surface area contributed by atoms with Crippen molar-refractivity contribution < 1.29 is 24.2 Å². The van der Waals surface area contributed by atoms with Gasteiger partial charge in [-0.1, -0.05) is 71.1 Å². The van der Waals surface area contributed by atoms with E-state index < -0.39 is 5.41 Å². The summed E-state index contributed by atoms with van der Waals surface area (Å²) in [7, 11) is 0. The molecular weight excluding hydrogens is 356 g/mol. The van der Waals surface area contributed by atoms with E-state index in [0.29, 0.717) is 24.7 Å². The molecule has 0 aliphatic heterocycles. The van der Waals surface area contributed by atoms with Gasteiger partial charge in [-0.25, -0.2) is 0 Å². The van der Waals surface area contributed by atoms with Crippen LogP contribution in [0.25, 0.3) is 0 Å². The maximum Gasteiger partial charge on any atom is 0.305 e. The minimum absolute atomic E-state index is 0.0862. The van der Waals surface area contributed by atoms with Gasteiger partial charge in [0.15, 0.2) is 0 Å². The minimum Gasteiger partial charge on any atom is -0.465 e. The van der Waals surface area contributed by atoms with Crippen molar-refractivity contribution in [3.8, 4) is 0 Å². The van der Waals surface area contributed by atoms with E-state index in [4.69, 9.17) is 9.47 Å². The average Bonchev–Trinajstić information content (AvgIpc) is 2.75. The topological polar surface area (TPSA) is 72.8 Å². The highest BCUT2D eigenvalue weighted by Crippen LogP contribution is 2.28. The standard InChI is InChI=1S/C23H40O5/c1-23(16-24,17-27-21(25)14-12-19-8-4-2-5-9-19)18-28-22(26)15-13-20-10-6-3-7-11-20/h19-20,24H,2-18H2,1H3. The molecule has 0 unspecified atom stereocenters. The lowest BCUT2D eigenvalue weighted by Crippen LogP contribution is -2.35. The van der Waals surface area contributed by atoms with E-state index in [1.54, 1.807) is 6.92 Å². The lowest BCUT2D eigenvalue weighted by atomic mass is 9.86. The van der Waals surface area contributed by atoms with Crippen LogP contribution in [0.1, 0.15) is 96.8 Å². The Labute approximate surface area is 170 Å². The number of aliphatic hydroxyl groups is 1. The molecule has 0 saturated heterocycles. The average molecular weight is 397 g/mol. The highest BCUT2D eigenvalue weighted by atomic mass is 16.5. The SMILES string of the molecule is CC(CO)(COC(=O)CCC1CCCCC1)COC(=O)CCC1CCCCC1. The molecule has 28 heavy (non-hydrogen) atoms. The first-order chi connectivity index (χ1) is 13.5. The molecule has 0 atom stereocenters. The van der Waals surface area contributed by atoms with Gasteiger partial charge in [-0.2, -0.15) is 0 Å². The smallest absolute Gasteiger partial charge is 0.305 e. The number of carbonyl (C=O) groups excluding carboxylic acids is 2. The number of carbonyl (C=O) groups is 2. The third-order valence-corrected chi connectivity index (χ3v) is 6.51. The molecule has 5 heteroatoms. The summed E-state index contributed by atoms with van der Waals surface area (Å²) in [6, 6.07) is 0. The molecule has 0 heterocycles. The number of ether oxygens (including phenoxy) is 2. The molecule has 2 fully saturated rings. The van der Waals surface area contributed by atoms with Crippen molar-refractivity contribution in [3.63, 3.8) is 0 Å². The molecule has 1 N–H and O–H groups in total. The van der Waals surface area contributed by atoms with Gasteiger partial charge in [-0.05, 0) is 24.7 Å². The monoisotopic (exact) mass is 396 g/mol. The van der Waals surface area contributed by atoms with E-state index in [1.165, 1.54) is 64.2 Å². The fourth-order valence-electron chi connectivity index (χ4n) is 4.38. The van der Waals surface area contributed by atoms with E-state index in [1.807, 2.05) is 0 Å². The van der Waals surface area contributed by atoms with Crippen LogP contribution in [-0.2, 0) is 19.1 Å². The van der Waals surface area contributed by atoms with E-state index in [9.17, 15) is 14.7 Å². The summed E-state index contributed by atoms with van der Waals surface area (Å²) >= 11 is 0. The van der Waals surface area contributed by atoms with Crippen LogP contribution in [0.3, 0.4) is 0 Å². The van der Waals surface area contributed by atoms with Crippen LogP contribution in [-0.4, -0.2) is 36.9 Å². The van der Waals surface area contributed by atoms with Crippen LogP contribution in [0.15, 0.2) is 0 Å². The number of esters is 2. The van der Waals surface area contributed by atoms with Gasteiger partial charge in [-0.3, -0.25) is 9.59 Å². The Hall–Kier alpha value is -1.10. The molecular formula is C23H40O5. The maximum atomic E-state index is 12.1. The Morgan fingerprint density at radius 3 is 1.54 bits per heavy atom. The molecule has 2 saturated carbocycles. The van der Waals surface area contributed by atoms with Crippen molar-refractivity contribution in [3.05, 3.63) is 0 Å². The molecule has 2 rings (SSSR count). The largest absolute Gasteiger partial charge is 0.465 e. The first-order valence-electron chi connectivity index (χ1n) is 11.4. The lowest BCUT2D eigenvalue weighted by Gasteiger charge is -2.27. The van der Waals surface area contributed by atoms with Crippen molar-refractivity contribution >= 4 is 11.9 Å². The number of rotatable bonds is 11. The minimum atomic E-state index is -0.735. The normalized spacial score (nSPS) is 19.4. The molecule has 5 nitrogen and oxygen atoms in total. The molecule has 162 valence electrons. The second-order valence-corrected chi connectivity index (χ2v) is 9.38. The van der Waals surface area contributed by atoms with Crippen LogP contribution >= 0.6 is 0 Å². The highest BCUT2D eigenvalue weighted by molar-refractivity contribution is 5.70. The van der Waals surface area contributed by atoms with Gasteiger partial charge in [0.05, 0.1) is 12.0 Å². The Morgan fingerprint density at radius 1 is 0.786 bits per heavy atom. The van der Waals surface area contributed by atoms with Gasteiger partial charge in [-0.15, -0.1) is 0 Å². The Kier molecular flexibility index (Phi) is 10.3. The summed E-state index contributed by atoms with van der Waals surface area (Å²) in [6.45, 7) is 1.78. The molecule has 0 bridgehead atoms.